The molecule has 63 heavy (non-hydrogen) atoms. The van der Waals surface area contributed by atoms with Gasteiger partial charge in [-0.3, -0.25) is 14.4 Å². The Morgan fingerprint density at radius 2 is 0.730 bits per heavy atom. The molecule has 0 aliphatic heterocycles. The molecule has 0 saturated heterocycles. The summed E-state index contributed by atoms with van der Waals surface area (Å²) in [5.41, 5.74) is 0. The first kappa shape index (κ1) is 61.2. The predicted octanol–water partition coefficient (Wildman–Crippen LogP) is 16.5. The Balaban J connectivity index is 4.76. The Bertz CT molecular complexity index is 1060. The molecule has 0 aromatic carbocycles. The number of rotatable bonds is 50. The van der Waals surface area contributed by atoms with E-state index >= 15 is 0 Å². The fourth-order valence-corrected chi connectivity index (χ4v) is 9.29. The minimum atomic E-state index is -1.27. The molecule has 0 bridgehead atoms. The summed E-state index contributed by atoms with van der Waals surface area (Å²) in [6.07, 6.45) is 48.4. The molecule has 0 fully saturated rings. The van der Waals surface area contributed by atoms with Gasteiger partial charge in [0.2, 0.25) is 5.91 Å². The van der Waals surface area contributed by atoms with E-state index in [1.807, 2.05) is 0 Å². The van der Waals surface area contributed by atoms with E-state index < -0.39 is 16.9 Å². The number of thioether (sulfide) groups is 1. The van der Waals surface area contributed by atoms with Gasteiger partial charge >= 0.3 is 17.9 Å². The smallest absolute Gasteiger partial charge is 0.327 e. The average Bonchev–Trinajstić information content (AvgIpc) is 3.26. The van der Waals surface area contributed by atoms with E-state index in [0.717, 1.165) is 69.5 Å². The van der Waals surface area contributed by atoms with E-state index in [9.17, 15) is 24.3 Å². The topological polar surface area (TPSA) is 119 Å². The summed E-state index contributed by atoms with van der Waals surface area (Å²) in [6, 6.07) is -1.15. The number of hydrogen-bond acceptors (Lipinski definition) is 7. The van der Waals surface area contributed by atoms with Gasteiger partial charge in [-0.15, -0.1) is 11.8 Å². The highest BCUT2D eigenvalue weighted by Gasteiger charge is 2.34. The lowest BCUT2D eigenvalue weighted by Gasteiger charge is -2.29. The fraction of sp³-hybridized carbons (Fsp3) is 0.926. The molecule has 1 unspecified atom stereocenters. The maximum absolute atomic E-state index is 13.1. The van der Waals surface area contributed by atoms with Crippen molar-refractivity contribution in [1.29, 1.82) is 0 Å². The second kappa shape index (κ2) is 46.7. The van der Waals surface area contributed by atoms with E-state index in [4.69, 9.17) is 9.47 Å². The third kappa shape index (κ3) is 43.9. The summed E-state index contributed by atoms with van der Waals surface area (Å²) in [4.78, 5) is 49.7. The van der Waals surface area contributed by atoms with Crippen molar-refractivity contribution in [3.8, 4) is 0 Å². The van der Waals surface area contributed by atoms with Crippen LogP contribution in [0, 0.1) is 0 Å². The normalized spacial score (nSPS) is 12.8. The molecule has 0 aromatic rings. The summed E-state index contributed by atoms with van der Waals surface area (Å²) in [7, 11) is 0. The zero-order valence-corrected chi connectivity index (χ0v) is 42.8. The number of amides is 1. The summed E-state index contributed by atoms with van der Waals surface area (Å²) < 4.78 is 11.6. The van der Waals surface area contributed by atoms with Gasteiger partial charge in [0.25, 0.3) is 0 Å². The van der Waals surface area contributed by atoms with Crippen molar-refractivity contribution in [3.05, 3.63) is 0 Å². The highest BCUT2D eigenvalue weighted by atomic mass is 32.2. The van der Waals surface area contributed by atoms with Gasteiger partial charge in [-0.05, 0) is 26.2 Å². The number of hydrogen-bond donors (Lipinski definition) is 2. The zero-order valence-electron chi connectivity index (χ0n) is 42.0. The first-order valence-electron chi connectivity index (χ1n) is 27.2. The van der Waals surface area contributed by atoms with Crippen molar-refractivity contribution in [1.82, 2.24) is 5.32 Å². The van der Waals surface area contributed by atoms with Gasteiger partial charge in [0.05, 0.1) is 0 Å². The Kier molecular flexibility index (Phi) is 45.4. The Morgan fingerprint density at radius 1 is 0.444 bits per heavy atom. The molecule has 0 rings (SSSR count). The highest BCUT2D eigenvalue weighted by molar-refractivity contribution is 8.00. The van der Waals surface area contributed by atoms with Crippen LogP contribution in [-0.2, 0) is 28.7 Å². The molecule has 9 heteroatoms. The largest absolute Gasteiger partial charge is 0.480 e. The number of nitrogens with one attached hydrogen (secondary N) is 1. The highest BCUT2D eigenvalue weighted by Crippen LogP contribution is 2.29. The maximum Gasteiger partial charge on any atom is 0.327 e. The van der Waals surface area contributed by atoms with Crippen LogP contribution in [0.25, 0.3) is 0 Å². The fourth-order valence-electron chi connectivity index (χ4n) is 8.25. The molecule has 8 nitrogen and oxygen atoms in total. The molecule has 0 aromatic heterocycles. The van der Waals surface area contributed by atoms with Crippen molar-refractivity contribution in [2.45, 2.75) is 308 Å². The van der Waals surface area contributed by atoms with Gasteiger partial charge in [-0.25, -0.2) is 4.79 Å². The average molecular weight is 910 g/mol. The van der Waals surface area contributed by atoms with E-state index in [-0.39, 0.29) is 43.0 Å². The Morgan fingerprint density at radius 3 is 1.05 bits per heavy atom. The number of ether oxygens (including phenoxy) is 2. The summed E-state index contributed by atoms with van der Waals surface area (Å²) in [5.74, 6) is -2.14. The molecular formula is C54H103NO7S. The van der Waals surface area contributed by atoms with Crippen LogP contribution in [0.3, 0.4) is 0 Å². The molecule has 1 amide bonds. The summed E-state index contributed by atoms with van der Waals surface area (Å²) >= 11 is 1.11. The van der Waals surface area contributed by atoms with Crippen molar-refractivity contribution in [2.75, 3.05) is 12.4 Å². The Hall–Kier alpha value is -1.77. The second-order valence-electron chi connectivity index (χ2n) is 19.0. The van der Waals surface area contributed by atoms with Crippen molar-refractivity contribution in [3.63, 3.8) is 0 Å². The minimum absolute atomic E-state index is 0.0153. The molecule has 0 aliphatic rings. The van der Waals surface area contributed by atoms with Gasteiger partial charge in [-0.2, -0.15) is 0 Å². The SMILES string of the molecule is CCCCCCCCCCCCCCCC(=O)N[C@@H](CSC(C)(COC(=O)CCCCCCCCCCCCCCC)OC(=O)CCCCCCCCCCCCCCC)C(=O)O. The number of unbranched alkanes of at least 4 members (excludes halogenated alkanes) is 36. The zero-order chi connectivity index (χ0) is 46.3. The molecular weight excluding hydrogens is 807 g/mol. The van der Waals surface area contributed by atoms with Crippen LogP contribution >= 0.6 is 11.8 Å². The van der Waals surface area contributed by atoms with Crippen LogP contribution in [-0.4, -0.2) is 52.3 Å². The number of carboxylic acids is 1. The number of carbonyl (C=O) groups excluding carboxylic acids is 3. The number of esters is 2. The van der Waals surface area contributed by atoms with Crippen molar-refractivity contribution < 1.29 is 33.8 Å². The van der Waals surface area contributed by atoms with Gasteiger partial charge in [0, 0.05) is 25.0 Å². The first-order valence-corrected chi connectivity index (χ1v) is 28.2. The van der Waals surface area contributed by atoms with E-state index in [2.05, 4.69) is 26.1 Å². The minimum Gasteiger partial charge on any atom is -0.480 e. The standard InChI is InChI=1S/C54H103NO7S/c1-5-8-11-14-17-20-23-26-29-32-35-38-41-44-50(56)55-49(53(59)60)47-63-54(4,62-52(58)46-43-40-37-34-31-28-25-22-19-16-13-10-7-3)48-61-51(57)45-42-39-36-33-30-27-24-21-18-15-12-9-6-2/h49H,5-48H2,1-4H3,(H,55,56)(H,59,60)/t49-,54?/m0/s1. The van der Waals surface area contributed by atoms with Crippen LogP contribution in [0.2, 0.25) is 0 Å². The summed E-state index contributed by atoms with van der Waals surface area (Å²) in [5, 5.41) is 12.7. The van der Waals surface area contributed by atoms with Crippen LogP contribution in [0.5, 0.6) is 0 Å². The molecule has 2 N–H and O–H groups in total. The van der Waals surface area contributed by atoms with Crippen molar-refractivity contribution >= 4 is 35.6 Å². The van der Waals surface area contributed by atoms with E-state index in [1.54, 1.807) is 6.92 Å². The Labute approximate surface area is 393 Å². The molecule has 0 heterocycles. The van der Waals surface area contributed by atoms with Crippen LogP contribution in [0.1, 0.15) is 297 Å². The maximum atomic E-state index is 13.1. The van der Waals surface area contributed by atoms with Gasteiger partial charge in [-0.1, -0.05) is 252 Å². The molecule has 0 radical (unpaired) electrons. The lowest BCUT2D eigenvalue weighted by Crippen LogP contribution is -2.44. The van der Waals surface area contributed by atoms with Crippen molar-refractivity contribution in [2.24, 2.45) is 0 Å². The van der Waals surface area contributed by atoms with Gasteiger partial charge < -0.3 is 19.9 Å². The first-order chi connectivity index (χ1) is 30.7. The van der Waals surface area contributed by atoms with Gasteiger partial charge in [0.1, 0.15) is 12.6 Å². The summed E-state index contributed by atoms with van der Waals surface area (Å²) in [6.45, 7) is 8.28. The number of aliphatic carboxylic acids is 1. The lowest BCUT2D eigenvalue weighted by molar-refractivity contribution is -0.161. The molecule has 372 valence electrons. The molecule has 2 atom stereocenters. The molecule has 0 spiro atoms. The lowest BCUT2D eigenvalue weighted by atomic mass is 10.0. The van der Waals surface area contributed by atoms with Crippen LogP contribution in [0.4, 0.5) is 0 Å². The van der Waals surface area contributed by atoms with Gasteiger partial charge in [0.15, 0.2) is 4.93 Å². The molecule has 0 aliphatic carbocycles. The number of carboxylic acid groups (broad SMARTS) is 1. The third-order valence-corrected chi connectivity index (χ3v) is 13.8. The monoisotopic (exact) mass is 910 g/mol. The van der Waals surface area contributed by atoms with Crippen LogP contribution in [0.15, 0.2) is 0 Å². The molecule has 0 saturated carbocycles. The third-order valence-electron chi connectivity index (χ3n) is 12.5. The second-order valence-corrected chi connectivity index (χ2v) is 20.5. The van der Waals surface area contributed by atoms with E-state index in [1.165, 1.54) is 193 Å². The van der Waals surface area contributed by atoms with Crippen LogP contribution < -0.4 is 5.32 Å². The quantitative estimate of drug-likeness (QED) is 0.0352. The van der Waals surface area contributed by atoms with E-state index in [0.29, 0.717) is 6.42 Å². The predicted molar refractivity (Wildman–Crippen MR) is 268 cm³/mol. The number of carbonyl (C=O) groups is 4.